The maximum absolute atomic E-state index is 11.9. The van der Waals surface area contributed by atoms with Crippen LogP contribution in [0.1, 0.15) is 16.8 Å². The summed E-state index contributed by atoms with van der Waals surface area (Å²) < 4.78 is 40.5. The predicted octanol–water partition coefficient (Wildman–Crippen LogP) is 2.40. The highest BCUT2D eigenvalue weighted by Gasteiger charge is 2.34. The number of hydrogen-bond donors (Lipinski definition) is 0. The van der Waals surface area contributed by atoms with Crippen molar-refractivity contribution in [2.45, 2.75) is 12.6 Å². The zero-order chi connectivity index (χ0) is 13.1. The average molecular weight is 246 g/mol. The normalized spacial score (nSPS) is 11.1. The van der Waals surface area contributed by atoms with E-state index in [9.17, 15) is 22.8 Å². The number of halogens is 3. The van der Waals surface area contributed by atoms with Crippen molar-refractivity contribution in [3.05, 3.63) is 29.8 Å². The second-order valence-electron chi connectivity index (χ2n) is 3.27. The van der Waals surface area contributed by atoms with Gasteiger partial charge in [-0.2, -0.15) is 13.2 Å². The second kappa shape index (κ2) is 4.99. The van der Waals surface area contributed by atoms with Gasteiger partial charge in [0.25, 0.3) is 0 Å². The zero-order valence-corrected chi connectivity index (χ0v) is 8.88. The Hall–Kier alpha value is -1.85. The third kappa shape index (κ3) is 3.90. The van der Waals surface area contributed by atoms with Crippen molar-refractivity contribution in [1.82, 2.24) is 0 Å². The summed E-state index contributed by atoms with van der Waals surface area (Å²) >= 11 is 0. The molecule has 0 saturated heterocycles. The summed E-state index contributed by atoms with van der Waals surface area (Å²) in [6, 6.07) is 5.28. The Morgan fingerprint density at radius 3 is 2.12 bits per heavy atom. The van der Waals surface area contributed by atoms with Crippen molar-refractivity contribution in [1.29, 1.82) is 0 Å². The van der Waals surface area contributed by atoms with Crippen molar-refractivity contribution in [2.24, 2.45) is 0 Å². The number of ether oxygens (including phenoxy) is 1. The Labute approximate surface area is 95.2 Å². The van der Waals surface area contributed by atoms with Crippen molar-refractivity contribution < 1.29 is 27.5 Å². The summed E-state index contributed by atoms with van der Waals surface area (Å²) in [7, 11) is 1.41. The Morgan fingerprint density at radius 2 is 1.71 bits per heavy atom. The molecule has 92 valence electrons. The zero-order valence-electron chi connectivity index (χ0n) is 8.88. The molecule has 1 aromatic carbocycles. The van der Waals surface area contributed by atoms with E-state index in [1.54, 1.807) is 0 Å². The fraction of sp³-hybridized carbons (Fsp3) is 0.273. The van der Waals surface area contributed by atoms with Crippen molar-refractivity contribution in [3.63, 3.8) is 0 Å². The first-order valence-corrected chi connectivity index (χ1v) is 4.62. The lowest BCUT2D eigenvalue weighted by atomic mass is 10.1. The van der Waals surface area contributed by atoms with E-state index in [-0.39, 0.29) is 5.56 Å². The molecule has 1 aromatic rings. The van der Waals surface area contributed by atoms with Crippen molar-refractivity contribution in [3.8, 4) is 5.75 Å². The summed E-state index contributed by atoms with van der Waals surface area (Å²) in [6.07, 6.45) is -6.41. The lowest BCUT2D eigenvalue weighted by Crippen LogP contribution is -2.22. The number of rotatable bonds is 4. The number of hydrogen-bond acceptors (Lipinski definition) is 3. The van der Waals surface area contributed by atoms with E-state index in [1.807, 2.05) is 0 Å². The Balaban J connectivity index is 2.78. The molecular weight excluding hydrogens is 237 g/mol. The molecule has 0 saturated carbocycles. The highest BCUT2D eigenvalue weighted by atomic mass is 19.4. The first-order valence-electron chi connectivity index (χ1n) is 4.62. The molecule has 0 fully saturated rings. The number of carbonyl (C=O) groups excluding carboxylic acids is 2. The van der Waals surface area contributed by atoms with Crippen LogP contribution >= 0.6 is 0 Å². The molecule has 0 heterocycles. The quantitative estimate of drug-likeness (QED) is 0.605. The smallest absolute Gasteiger partial charge is 0.396 e. The number of ketones is 2. The molecule has 0 atom stereocenters. The third-order valence-electron chi connectivity index (χ3n) is 1.97. The molecule has 0 aliphatic rings. The SMILES string of the molecule is COc1ccc(C(=O)C(=O)CC(F)(F)F)cc1. The Morgan fingerprint density at radius 1 is 1.18 bits per heavy atom. The van der Waals surface area contributed by atoms with Gasteiger partial charge in [0.2, 0.25) is 11.6 Å². The van der Waals surface area contributed by atoms with Crippen LogP contribution in [0.5, 0.6) is 5.75 Å². The minimum atomic E-state index is -4.67. The van der Waals surface area contributed by atoms with Gasteiger partial charge in [-0.1, -0.05) is 0 Å². The molecule has 0 aromatic heterocycles. The molecule has 0 amide bonds. The second-order valence-corrected chi connectivity index (χ2v) is 3.27. The minimum Gasteiger partial charge on any atom is -0.497 e. The van der Waals surface area contributed by atoms with Gasteiger partial charge in [0.05, 0.1) is 7.11 Å². The monoisotopic (exact) mass is 246 g/mol. The van der Waals surface area contributed by atoms with E-state index in [4.69, 9.17) is 4.74 Å². The molecule has 0 unspecified atom stereocenters. The summed E-state index contributed by atoms with van der Waals surface area (Å²) in [6.45, 7) is 0. The maximum Gasteiger partial charge on any atom is 0.396 e. The van der Waals surface area contributed by atoms with Crippen LogP contribution < -0.4 is 4.74 Å². The molecule has 0 spiro atoms. The van der Waals surface area contributed by atoms with E-state index in [1.165, 1.54) is 31.4 Å². The molecule has 6 heteroatoms. The van der Waals surface area contributed by atoms with Gasteiger partial charge in [-0.15, -0.1) is 0 Å². The van der Waals surface area contributed by atoms with E-state index in [2.05, 4.69) is 0 Å². The van der Waals surface area contributed by atoms with Gasteiger partial charge in [-0.05, 0) is 24.3 Å². The highest BCUT2D eigenvalue weighted by Crippen LogP contribution is 2.21. The average Bonchev–Trinajstić information content (AvgIpc) is 2.26. The van der Waals surface area contributed by atoms with Crippen LogP contribution in [0.4, 0.5) is 13.2 Å². The first kappa shape index (κ1) is 13.2. The van der Waals surface area contributed by atoms with Crippen LogP contribution in [0.15, 0.2) is 24.3 Å². The number of benzene rings is 1. The van der Waals surface area contributed by atoms with Gasteiger partial charge in [0, 0.05) is 5.56 Å². The molecule has 17 heavy (non-hydrogen) atoms. The number of methoxy groups -OCH3 is 1. The fourth-order valence-electron chi connectivity index (χ4n) is 1.17. The molecule has 0 aliphatic carbocycles. The number of carbonyl (C=O) groups is 2. The topological polar surface area (TPSA) is 43.4 Å². The maximum atomic E-state index is 11.9. The van der Waals surface area contributed by atoms with E-state index < -0.39 is 24.2 Å². The third-order valence-corrected chi connectivity index (χ3v) is 1.97. The van der Waals surface area contributed by atoms with E-state index in [0.717, 1.165) is 0 Å². The molecule has 0 radical (unpaired) electrons. The lowest BCUT2D eigenvalue weighted by Gasteiger charge is -2.05. The van der Waals surface area contributed by atoms with E-state index >= 15 is 0 Å². The molecule has 1 rings (SSSR count). The minimum absolute atomic E-state index is 0.0833. The van der Waals surface area contributed by atoms with Crippen LogP contribution in [0.2, 0.25) is 0 Å². The van der Waals surface area contributed by atoms with Crippen molar-refractivity contribution >= 4 is 11.6 Å². The molecule has 3 nitrogen and oxygen atoms in total. The largest absolute Gasteiger partial charge is 0.497 e. The van der Waals surface area contributed by atoms with Gasteiger partial charge in [-0.25, -0.2) is 0 Å². The van der Waals surface area contributed by atoms with Gasteiger partial charge in [0.15, 0.2) is 0 Å². The van der Waals surface area contributed by atoms with Gasteiger partial charge in [0.1, 0.15) is 12.2 Å². The first-order chi connectivity index (χ1) is 7.83. The standard InChI is InChI=1S/C11H9F3O3/c1-17-8-4-2-7(3-5-8)10(16)9(15)6-11(12,13)14/h2-5H,6H2,1H3. The lowest BCUT2D eigenvalue weighted by molar-refractivity contribution is -0.149. The van der Waals surface area contributed by atoms with Crippen LogP contribution in [0.3, 0.4) is 0 Å². The van der Waals surface area contributed by atoms with Gasteiger partial charge < -0.3 is 4.74 Å². The molecular formula is C11H9F3O3. The number of alkyl halides is 3. The summed E-state index contributed by atoms with van der Waals surface area (Å²) in [4.78, 5) is 22.3. The molecule has 0 aliphatic heterocycles. The van der Waals surface area contributed by atoms with Crippen molar-refractivity contribution in [2.75, 3.05) is 7.11 Å². The van der Waals surface area contributed by atoms with E-state index in [0.29, 0.717) is 5.75 Å². The van der Waals surface area contributed by atoms with Crippen LogP contribution in [0, 0.1) is 0 Å². The molecule has 0 bridgehead atoms. The summed E-state index contributed by atoms with van der Waals surface area (Å²) in [5.41, 5.74) is -0.0833. The Kier molecular flexibility index (Phi) is 3.88. The highest BCUT2D eigenvalue weighted by molar-refractivity contribution is 6.43. The van der Waals surface area contributed by atoms with Crippen LogP contribution in [0.25, 0.3) is 0 Å². The fourth-order valence-corrected chi connectivity index (χ4v) is 1.17. The van der Waals surface area contributed by atoms with Crippen LogP contribution in [-0.4, -0.2) is 24.9 Å². The summed E-state index contributed by atoms with van der Waals surface area (Å²) in [5.74, 6) is -2.17. The van der Waals surface area contributed by atoms with Gasteiger partial charge >= 0.3 is 6.18 Å². The number of Topliss-reactive ketones (excluding diaryl/α,β-unsaturated/α-hetero) is 2. The predicted molar refractivity (Wildman–Crippen MR) is 53.0 cm³/mol. The summed E-state index contributed by atoms with van der Waals surface area (Å²) in [5, 5.41) is 0. The molecule has 0 N–H and O–H groups in total. The Bertz CT molecular complexity index is 421. The van der Waals surface area contributed by atoms with Crippen LogP contribution in [-0.2, 0) is 4.79 Å². The van der Waals surface area contributed by atoms with Gasteiger partial charge in [-0.3, -0.25) is 9.59 Å².